The maximum Gasteiger partial charge on any atom is 0.410 e. The molecule has 10 nitrogen and oxygen atoms in total. The number of nitrogens with zero attached hydrogens (tertiary/aromatic N) is 6. The second kappa shape index (κ2) is 13.8. The van der Waals surface area contributed by atoms with Crippen LogP contribution in [0.4, 0.5) is 15.0 Å². The van der Waals surface area contributed by atoms with Crippen LogP contribution in [0.3, 0.4) is 0 Å². The maximum absolute atomic E-state index is 15.1. The van der Waals surface area contributed by atoms with Gasteiger partial charge in [-0.25, -0.2) is 23.5 Å². The molecule has 1 fully saturated rings. The summed E-state index contributed by atoms with van der Waals surface area (Å²) in [5.41, 5.74) is 1.18. The van der Waals surface area contributed by atoms with Gasteiger partial charge in [0.1, 0.15) is 11.4 Å². The zero-order valence-electron chi connectivity index (χ0n) is 29.7. The van der Waals surface area contributed by atoms with Crippen LogP contribution >= 0.6 is 11.6 Å². The van der Waals surface area contributed by atoms with Crippen LogP contribution in [0.25, 0.3) is 16.7 Å². The standard InChI is InChI=1S/C34H50ClFN6O4Si/c1-21(2)26-27(23(14-15-37-26)13-12-18-45-47(10,11)34(7,8)9)42-30-24(19-25(36)28(35)38-30)29(39-31(42)43)41-17-16-40(20-22(41)3)32(44)46-33(4,5)6/h14-15,19,21-22H,12-13,16-18,20H2,1-11H3/t22-/m0/s1. The third-order valence-electron chi connectivity index (χ3n) is 8.98. The normalized spacial score (nSPS) is 16.3. The van der Waals surface area contributed by atoms with E-state index in [1.807, 2.05) is 52.5 Å². The minimum absolute atomic E-state index is 0.0352. The number of anilines is 1. The van der Waals surface area contributed by atoms with E-state index in [2.05, 4.69) is 48.8 Å². The van der Waals surface area contributed by atoms with Crippen LogP contribution in [0.2, 0.25) is 23.3 Å². The molecule has 1 saturated heterocycles. The summed E-state index contributed by atoms with van der Waals surface area (Å²) in [7, 11) is -1.93. The second-order valence-electron chi connectivity index (χ2n) is 15.2. The molecule has 3 aromatic heterocycles. The van der Waals surface area contributed by atoms with E-state index in [1.165, 1.54) is 10.6 Å². The molecule has 4 heterocycles. The van der Waals surface area contributed by atoms with Crippen LogP contribution in [0.15, 0.2) is 23.1 Å². The minimum Gasteiger partial charge on any atom is -0.444 e. The van der Waals surface area contributed by atoms with Crippen molar-refractivity contribution in [3.05, 3.63) is 51.0 Å². The predicted molar refractivity (Wildman–Crippen MR) is 188 cm³/mol. The van der Waals surface area contributed by atoms with Crippen molar-refractivity contribution in [2.45, 2.75) is 111 Å². The van der Waals surface area contributed by atoms with E-state index < -0.39 is 31.5 Å². The lowest BCUT2D eigenvalue weighted by atomic mass is 10.0. The quantitative estimate of drug-likeness (QED) is 0.136. The molecule has 3 aromatic rings. The zero-order chi connectivity index (χ0) is 35.1. The molecule has 0 spiro atoms. The van der Waals surface area contributed by atoms with Crippen molar-refractivity contribution in [3.8, 4) is 5.69 Å². The molecule has 1 aliphatic heterocycles. The Hall–Kier alpha value is -3.09. The fraction of sp³-hybridized carbons (Fsp3) is 0.618. The summed E-state index contributed by atoms with van der Waals surface area (Å²) in [5.74, 6) is -0.461. The summed E-state index contributed by atoms with van der Waals surface area (Å²) >= 11 is 6.28. The van der Waals surface area contributed by atoms with Gasteiger partial charge in [0.15, 0.2) is 24.9 Å². The van der Waals surface area contributed by atoms with E-state index in [4.69, 9.17) is 20.8 Å². The lowest BCUT2D eigenvalue weighted by Crippen LogP contribution is -2.55. The molecule has 1 atom stereocenters. The number of fused-ring (bicyclic) bond motifs is 1. The van der Waals surface area contributed by atoms with Gasteiger partial charge in [-0.1, -0.05) is 46.2 Å². The van der Waals surface area contributed by atoms with Gasteiger partial charge in [0.05, 0.1) is 16.8 Å². The highest BCUT2D eigenvalue weighted by Gasteiger charge is 2.37. The van der Waals surface area contributed by atoms with Crippen LogP contribution in [-0.2, 0) is 15.6 Å². The molecule has 0 saturated carbocycles. The largest absolute Gasteiger partial charge is 0.444 e. The highest BCUT2D eigenvalue weighted by Crippen LogP contribution is 2.37. The molecule has 0 aromatic carbocycles. The van der Waals surface area contributed by atoms with E-state index in [1.54, 1.807) is 11.1 Å². The summed E-state index contributed by atoms with van der Waals surface area (Å²) in [5, 5.41) is 0.0964. The number of halogens is 2. The number of aromatic nitrogens is 4. The molecule has 13 heteroatoms. The number of hydrogen-bond acceptors (Lipinski definition) is 8. The summed E-state index contributed by atoms with van der Waals surface area (Å²) < 4.78 is 28.5. The molecule has 0 bridgehead atoms. The Balaban J connectivity index is 1.78. The van der Waals surface area contributed by atoms with Crippen molar-refractivity contribution in [2.24, 2.45) is 0 Å². The Bertz CT molecular complexity index is 1680. The third kappa shape index (κ3) is 8.14. The number of rotatable bonds is 8. The molecule has 0 unspecified atom stereocenters. The molecular formula is C34H50ClFN6O4Si. The van der Waals surface area contributed by atoms with Crippen LogP contribution in [0.5, 0.6) is 0 Å². The number of aryl methyl sites for hydroxylation is 1. The number of hydrogen-bond donors (Lipinski definition) is 0. The van der Waals surface area contributed by atoms with Gasteiger partial charge in [0.25, 0.3) is 0 Å². The monoisotopic (exact) mass is 688 g/mol. The maximum atomic E-state index is 15.1. The minimum atomic E-state index is -1.93. The second-order valence-corrected chi connectivity index (χ2v) is 20.4. The van der Waals surface area contributed by atoms with Crippen molar-refractivity contribution in [2.75, 3.05) is 31.1 Å². The van der Waals surface area contributed by atoms with Crippen LogP contribution in [0, 0.1) is 5.82 Å². The summed E-state index contributed by atoms with van der Waals surface area (Å²) in [6.45, 7) is 24.2. The molecule has 1 amide bonds. The Morgan fingerprint density at radius 2 is 1.83 bits per heavy atom. The van der Waals surface area contributed by atoms with Crippen molar-refractivity contribution in [1.82, 2.24) is 24.4 Å². The van der Waals surface area contributed by atoms with Crippen molar-refractivity contribution >= 4 is 42.9 Å². The highest BCUT2D eigenvalue weighted by molar-refractivity contribution is 6.74. The van der Waals surface area contributed by atoms with Gasteiger partial charge in [-0.15, -0.1) is 0 Å². The fourth-order valence-corrected chi connectivity index (χ4v) is 6.69. The topological polar surface area (TPSA) is 103 Å². The number of piperazine rings is 1. The fourth-order valence-electron chi connectivity index (χ4n) is 5.47. The van der Waals surface area contributed by atoms with Crippen molar-refractivity contribution in [1.29, 1.82) is 0 Å². The molecule has 258 valence electrons. The molecular weight excluding hydrogens is 639 g/mol. The first-order valence-electron chi connectivity index (χ1n) is 16.4. The van der Waals surface area contributed by atoms with E-state index in [9.17, 15) is 9.59 Å². The van der Waals surface area contributed by atoms with Gasteiger partial charge in [-0.2, -0.15) is 4.98 Å². The van der Waals surface area contributed by atoms with E-state index in [0.717, 1.165) is 12.0 Å². The summed E-state index contributed by atoms with van der Waals surface area (Å²) in [6, 6.07) is 2.94. The SMILES string of the molecule is CC(C)c1nccc(CCCO[Si](C)(C)C(C)(C)C)c1-n1c(=O)nc(N2CCN(C(=O)OC(C)(C)C)C[C@@H]2C)c2cc(F)c(Cl)nc21. The van der Waals surface area contributed by atoms with Gasteiger partial charge in [-0.05, 0) is 82.3 Å². The average molecular weight is 689 g/mol. The Labute approximate surface area is 283 Å². The van der Waals surface area contributed by atoms with E-state index in [0.29, 0.717) is 55.2 Å². The van der Waals surface area contributed by atoms with Crippen molar-refractivity contribution < 1.29 is 18.3 Å². The highest BCUT2D eigenvalue weighted by atomic mass is 35.5. The lowest BCUT2D eigenvalue weighted by Gasteiger charge is -2.41. The van der Waals surface area contributed by atoms with Crippen LogP contribution in [0.1, 0.15) is 85.9 Å². The smallest absolute Gasteiger partial charge is 0.410 e. The first-order chi connectivity index (χ1) is 21.7. The van der Waals surface area contributed by atoms with Gasteiger partial charge >= 0.3 is 11.8 Å². The first kappa shape index (κ1) is 36.7. The van der Waals surface area contributed by atoms with Gasteiger partial charge < -0.3 is 19.0 Å². The first-order valence-corrected chi connectivity index (χ1v) is 19.7. The van der Waals surface area contributed by atoms with Crippen LogP contribution < -0.4 is 10.6 Å². The zero-order valence-corrected chi connectivity index (χ0v) is 31.5. The van der Waals surface area contributed by atoms with Gasteiger partial charge in [-0.3, -0.25) is 4.98 Å². The number of pyridine rings is 2. The molecule has 47 heavy (non-hydrogen) atoms. The van der Waals surface area contributed by atoms with E-state index >= 15 is 4.39 Å². The summed E-state index contributed by atoms with van der Waals surface area (Å²) in [4.78, 5) is 44.1. The van der Waals surface area contributed by atoms with Gasteiger partial charge in [0, 0.05) is 38.5 Å². The Kier molecular flexibility index (Phi) is 10.8. The molecule has 0 aliphatic carbocycles. The molecule has 1 aliphatic rings. The lowest BCUT2D eigenvalue weighted by molar-refractivity contribution is 0.0218. The summed E-state index contributed by atoms with van der Waals surface area (Å²) in [6.07, 6.45) is 2.71. The molecule has 0 N–H and O–H groups in total. The van der Waals surface area contributed by atoms with Crippen LogP contribution in [-0.4, -0.2) is 76.7 Å². The predicted octanol–water partition coefficient (Wildman–Crippen LogP) is 7.49. The number of carbonyl (C=O) groups excluding carboxylic acids is 1. The third-order valence-corrected chi connectivity index (χ3v) is 13.8. The van der Waals surface area contributed by atoms with E-state index in [-0.39, 0.29) is 27.8 Å². The Morgan fingerprint density at radius 3 is 2.43 bits per heavy atom. The Morgan fingerprint density at radius 1 is 1.15 bits per heavy atom. The molecule has 4 rings (SSSR count). The number of amides is 1. The molecule has 0 radical (unpaired) electrons. The average Bonchev–Trinajstić information content (AvgIpc) is 2.94. The van der Waals surface area contributed by atoms with Crippen molar-refractivity contribution in [3.63, 3.8) is 0 Å². The number of carbonyl (C=O) groups is 1. The van der Waals surface area contributed by atoms with Gasteiger partial charge in [0.2, 0.25) is 0 Å². The number of ether oxygens (including phenoxy) is 1.